The Labute approximate surface area is 111 Å². The fourth-order valence-corrected chi connectivity index (χ4v) is 2.71. The lowest BCUT2D eigenvalue weighted by atomic mass is 9.98. The van der Waals surface area contributed by atoms with Gasteiger partial charge < -0.3 is 4.90 Å². The van der Waals surface area contributed by atoms with Crippen LogP contribution in [-0.4, -0.2) is 12.6 Å². The normalized spacial score (nSPS) is 20.1. The topological polar surface area (TPSA) is 27.0 Å². The Morgan fingerprint density at radius 3 is 3.00 bits per heavy atom. The Kier molecular flexibility index (Phi) is 4.06. The second kappa shape index (κ2) is 5.55. The molecule has 1 heterocycles. The zero-order chi connectivity index (χ0) is 12.3. The minimum atomic E-state index is 0.398. The van der Waals surface area contributed by atoms with Crippen molar-refractivity contribution in [2.75, 3.05) is 11.4 Å². The third-order valence-electron chi connectivity index (χ3n) is 3.43. The third-order valence-corrected chi connectivity index (χ3v) is 4.32. The number of aryl methyl sites for hydroxylation is 1. The molecule has 2 rings (SSSR count). The first kappa shape index (κ1) is 12.4. The lowest BCUT2D eigenvalue weighted by Gasteiger charge is -2.36. The van der Waals surface area contributed by atoms with Gasteiger partial charge in [0.2, 0.25) is 0 Å². The third kappa shape index (κ3) is 2.81. The van der Waals surface area contributed by atoms with Gasteiger partial charge in [0.05, 0.1) is 12.5 Å². The summed E-state index contributed by atoms with van der Waals surface area (Å²) in [5, 5.41) is 8.90. The molecule has 1 aliphatic heterocycles. The van der Waals surface area contributed by atoms with Crippen LogP contribution in [-0.2, 0) is 0 Å². The Balaban J connectivity index is 2.23. The van der Waals surface area contributed by atoms with E-state index in [-0.39, 0.29) is 0 Å². The summed E-state index contributed by atoms with van der Waals surface area (Å²) in [6.45, 7) is 3.18. The fraction of sp³-hybridized carbons (Fsp3) is 0.500. The standard InChI is InChI=1S/C14H17BrN2/c1-11-10-13(5-6-14(11)15)17-9-3-2-4-12(17)7-8-16/h5-6,10,12H,2-4,7,9H2,1H3. The molecule has 0 bridgehead atoms. The monoisotopic (exact) mass is 292 g/mol. The molecule has 0 saturated carbocycles. The van der Waals surface area contributed by atoms with Crippen molar-refractivity contribution in [1.29, 1.82) is 5.26 Å². The second-order valence-electron chi connectivity index (χ2n) is 4.64. The average molecular weight is 293 g/mol. The van der Waals surface area contributed by atoms with E-state index in [1.54, 1.807) is 0 Å². The van der Waals surface area contributed by atoms with Gasteiger partial charge in [-0.15, -0.1) is 0 Å². The first-order valence-electron chi connectivity index (χ1n) is 6.12. The molecule has 17 heavy (non-hydrogen) atoms. The van der Waals surface area contributed by atoms with Gasteiger partial charge in [-0.05, 0) is 49.9 Å². The van der Waals surface area contributed by atoms with E-state index < -0.39 is 0 Å². The maximum atomic E-state index is 8.90. The lowest BCUT2D eigenvalue weighted by molar-refractivity contribution is 0.464. The molecular formula is C14H17BrN2. The predicted octanol–water partition coefficient (Wildman–Crippen LogP) is 4.03. The Morgan fingerprint density at radius 1 is 1.47 bits per heavy atom. The van der Waals surface area contributed by atoms with Gasteiger partial charge in [0.1, 0.15) is 0 Å². The van der Waals surface area contributed by atoms with Gasteiger partial charge in [0.15, 0.2) is 0 Å². The molecular weight excluding hydrogens is 276 g/mol. The number of hydrogen-bond acceptors (Lipinski definition) is 2. The number of nitriles is 1. The zero-order valence-corrected chi connectivity index (χ0v) is 11.7. The van der Waals surface area contributed by atoms with Crippen molar-refractivity contribution in [2.45, 2.75) is 38.6 Å². The van der Waals surface area contributed by atoms with Crippen LogP contribution >= 0.6 is 15.9 Å². The van der Waals surface area contributed by atoms with E-state index in [1.165, 1.54) is 24.1 Å². The average Bonchev–Trinajstić information content (AvgIpc) is 2.34. The van der Waals surface area contributed by atoms with Crippen molar-refractivity contribution in [2.24, 2.45) is 0 Å². The summed E-state index contributed by atoms with van der Waals surface area (Å²) in [6, 6.07) is 9.16. The first-order chi connectivity index (χ1) is 8.22. The maximum absolute atomic E-state index is 8.90. The minimum Gasteiger partial charge on any atom is -0.368 e. The summed E-state index contributed by atoms with van der Waals surface area (Å²) >= 11 is 3.53. The zero-order valence-electron chi connectivity index (χ0n) is 10.1. The highest BCUT2D eigenvalue weighted by molar-refractivity contribution is 9.10. The number of nitrogens with zero attached hydrogens (tertiary/aromatic N) is 2. The molecule has 3 heteroatoms. The molecule has 0 aliphatic carbocycles. The largest absolute Gasteiger partial charge is 0.368 e. The van der Waals surface area contributed by atoms with E-state index >= 15 is 0 Å². The Morgan fingerprint density at radius 2 is 2.29 bits per heavy atom. The molecule has 1 saturated heterocycles. The number of hydrogen-bond donors (Lipinski definition) is 0. The van der Waals surface area contributed by atoms with Gasteiger partial charge >= 0.3 is 0 Å². The van der Waals surface area contributed by atoms with Crippen LogP contribution in [0.3, 0.4) is 0 Å². The number of halogens is 1. The van der Waals surface area contributed by atoms with Gasteiger partial charge in [-0.25, -0.2) is 0 Å². The van der Waals surface area contributed by atoms with Gasteiger partial charge in [0.25, 0.3) is 0 Å². The molecule has 0 N–H and O–H groups in total. The number of rotatable bonds is 2. The van der Waals surface area contributed by atoms with E-state index in [0.717, 1.165) is 17.4 Å². The van der Waals surface area contributed by atoms with Crippen LogP contribution < -0.4 is 4.90 Å². The highest BCUT2D eigenvalue weighted by atomic mass is 79.9. The number of benzene rings is 1. The van der Waals surface area contributed by atoms with Crippen molar-refractivity contribution in [1.82, 2.24) is 0 Å². The predicted molar refractivity (Wildman–Crippen MR) is 74.1 cm³/mol. The van der Waals surface area contributed by atoms with Crippen molar-refractivity contribution in [3.8, 4) is 6.07 Å². The first-order valence-corrected chi connectivity index (χ1v) is 6.91. The maximum Gasteiger partial charge on any atom is 0.0643 e. The molecule has 0 spiro atoms. The van der Waals surface area contributed by atoms with E-state index in [1.807, 2.05) is 0 Å². The molecule has 1 aromatic carbocycles. The smallest absolute Gasteiger partial charge is 0.0643 e. The summed E-state index contributed by atoms with van der Waals surface area (Å²) in [5.74, 6) is 0. The van der Waals surface area contributed by atoms with Gasteiger partial charge in [0, 0.05) is 22.7 Å². The molecule has 90 valence electrons. The molecule has 0 radical (unpaired) electrons. The van der Waals surface area contributed by atoms with E-state index in [2.05, 4.69) is 52.0 Å². The second-order valence-corrected chi connectivity index (χ2v) is 5.49. The highest BCUT2D eigenvalue weighted by Crippen LogP contribution is 2.29. The number of anilines is 1. The van der Waals surface area contributed by atoms with Crippen LogP contribution in [0, 0.1) is 18.3 Å². The van der Waals surface area contributed by atoms with E-state index in [9.17, 15) is 0 Å². The summed E-state index contributed by atoms with van der Waals surface area (Å²) in [7, 11) is 0. The Hall–Kier alpha value is -1.01. The molecule has 0 amide bonds. The highest BCUT2D eigenvalue weighted by Gasteiger charge is 2.22. The minimum absolute atomic E-state index is 0.398. The van der Waals surface area contributed by atoms with Gasteiger partial charge in [-0.3, -0.25) is 0 Å². The van der Waals surface area contributed by atoms with Crippen LogP contribution in [0.4, 0.5) is 5.69 Å². The number of piperidine rings is 1. The molecule has 1 atom stereocenters. The van der Waals surface area contributed by atoms with Crippen LogP contribution in [0.1, 0.15) is 31.2 Å². The van der Waals surface area contributed by atoms with Crippen LogP contribution in [0.5, 0.6) is 0 Å². The van der Waals surface area contributed by atoms with Crippen molar-refractivity contribution >= 4 is 21.6 Å². The Bertz CT molecular complexity index is 436. The summed E-state index contributed by atoms with van der Waals surface area (Å²) in [6.07, 6.45) is 4.26. The SMILES string of the molecule is Cc1cc(N2CCCCC2CC#N)ccc1Br. The summed E-state index contributed by atoms with van der Waals surface area (Å²) in [5.41, 5.74) is 2.51. The fourth-order valence-electron chi connectivity index (χ4n) is 2.47. The van der Waals surface area contributed by atoms with Crippen molar-refractivity contribution in [3.05, 3.63) is 28.2 Å². The quantitative estimate of drug-likeness (QED) is 0.823. The molecule has 1 aliphatic rings. The molecule has 2 nitrogen and oxygen atoms in total. The molecule has 1 fully saturated rings. The van der Waals surface area contributed by atoms with E-state index in [0.29, 0.717) is 12.5 Å². The van der Waals surface area contributed by atoms with Crippen LogP contribution in [0.2, 0.25) is 0 Å². The summed E-state index contributed by atoms with van der Waals surface area (Å²) < 4.78 is 1.15. The molecule has 0 aromatic heterocycles. The molecule has 1 unspecified atom stereocenters. The van der Waals surface area contributed by atoms with E-state index in [4.69, 9.17) is 5.26 Å². The summed E-state index contributed by atoms with van der Waals surface area (Å²) in [4.78, 5) is 2.40. The van der Waals surface area contributed by atoms with Crippen molar-refractivity contribution in [3.63, 3.8) is 0 Å². The lowest BCUT2D eigenvalue weighted by Crippen LogP contribution is -2.39. The van der Waals surface area contributed by atoms with Gasteiger partial charge in [-0.1, -0.05) is 15.9 Å². The molecule has 1 aromatic rings. The van der Waals surface area contributed by atoms with Crippen LogP contribution in [0.15, 0.2) is 22.7 Å². The van der Waals surface area contributed by atoms with Crippen molar-refractivity contribution < 1.29 is 0 Å². The van der Waals surface area contributed by atoms with Gasteiger partial charge in [-0.2, -0.15) is 5.26 Å². The van der Waals surface area contributed by atoms with Crippen LogP contribution in [0.25, 0.3) is 0 Å².